The topological polar surface area (TPSA) is 143 Å². The van der Waals surface area contributed by atoms with Gasteiger partial charge in [0.1, 0.15) is 18.8 Å². The van der Waals surface area contributed by atoms with Gasteiger partial charge < -0.3 is 29.7 Å². The van der Waals surface area contributed by atoms with E-state index in [-0.39, 0.29) is 53.9 Å². The fourth-order valence-corrected chi connectivity index (χ4v) is 9.87. The average molecular weight is 867 g/mol. The minimum Gasteiger partial charge on any atom is -0.664 e. The Labute approximate surface area is 390 Å². The van der Waals surface area contributed by atoms with Crippen molar-refractivity contribution in [1.82, 2.24) is 15.0 Å². The number of methoxy groups -OCH3 is 1. The quantitative estimate of drug-likeness (QED) is 0.0380. The van der Waals surface area contributed by atoms with Gasteiger partial charge in [-0.1, -0.05) is 132 Å². The second kappa shape index (κ2) is 22.0. The zero-order valence-corrected chi connectivity index (χ0v) is 40.8. The van der Waals surface area contributed by atoms with Crippen LogP contribution in [0.5, 0.6) is 0 Å². The van der Waals surface area contributed by atoms with E-state index in [0.29, 0.717) is 68.8 Å². The van der Waals surface area contributed by atoms with Crippen LogP contribution < -0.4 is 25.7 Å². The molecule has 5 atom stereocenters. The van der Waals surface area contributed by atoms with E-state index < -0.39 is 17.7 Å². The Kier molecular flexibility index (Phi) is 17.4. The van der Waals surface area contributed by atoms with Crippen molar-refractivity contribution in [2.75, 3.05) is 13.7 Å². The number of Topliss-reactive ketones (excluding diaryl/α,β-unsaturated/α-hetero) is 1. The van der Waals surface area contributed by atoms with Crippen LogP contribution in [0.25, 0.3) is 29.1 Å². The molecule has 10 nitrogen and oxygen atoms in total. The van der Waals surface area contributed by atoms with Crippen molar-refractivity contribution in [2.24, 2.45) is 29.6 Å². The predicted octanol–water partition coefficient (Wildman–Crippen LogP) is 8.76. The van der Waals surface area contributed by atoms with Crippen molar-refractivity contribution in [3.63, 3.8) is 0 Å². The number of fused-ring (bicyclic) bond motifs is 7. The molecular formula is C52H66MgN4O6-2. The largest absolute Gasteiger partial charge is 2.00 e. The van der Waals surface area contributed by atoms with Gasteiger partial charge in [0, 0.05) is 17.5 Å². The van der Waals surface area contributed by atoms with E-state index >= 15 is 0 Å². The van der Waals surface area contributed by atoms with E-state index in [1.54, 1.807) is 0 Å². The summed E-state index contributed by atoms with van der Waals surface area (Å²) in [5.74, 6) is -1.66. The van der Waals surface area contributed by atoms with Crippen molar-refractivity contribution in [3.8, 4) is 0 Å². The zero-order valence-electron chi connectivity index (χ0n) is 39.4. The van der Waals surface area contributed by atoms with Crippen LogP contribution >= 0.6 is 0 Å². The molecular weight excluding hydrogens is 801 g/mol. The summed E-state index contributed by atoms with van der Waals surface area (Å²) in [7, 11) is 1.28. The number of allylic oxidation sites excluding steroid dienone is 3. The van der Waals surface area contributed by atoms with Crippen LogP contribution in [-0.4, -0.2) is 60.8 Å². The van der Waals surface area contributed by atoms with Gasteiger partial charge in [-0.05, 0) is 82.6 Å². The molecule has 8 bridgehead atoms. The summed E-state index contributed by atoms with van der Waals surface area (Å²) in [5.41, 5.74) is 9.59. The summed E-state index contributed by atoms with van der Waals surface area (Å²) in [5, 5.41) is 6.35. The molecule has 1 fully saturated rings. The Balaban J connectivity index is 0.00000748. The van der Waals surface area contributed by atoms with Gasteiger partial charge >= 0.3 is 35.0 Å². The molecule has 11 heteroatoms. The van der Waals surface area contributed by atoms with Gasteiger partial charge in [0.2, 0.25) is 0 Å². The summed E-state index contributed by atoms with van der Waals surface area (Å²) < 4.78 is 11.0. The molecule has 334 valence electrons. The molecule has 2 aliphatic heterocycles. The Morgan fingerprint density at radius 3 is 2.17 bits per heavy atom. The van der Waals surface area contributed by atoms with Crippen LogP contribution in [0.2, 0.25) is 0 Å². The maximum absolute atomic E-state index is 14.3. The smallest absolute Gasteiger partial charge is 0.664 e. The van der Waals surface area contributed by atoms with Crippen LogP contribution in [0.3, 0.4) is 0 Å². The van der Waals surface area contributed by atoms with Crippen molar-refractivity contribution in [3.05, 3.63) is 95.2 Å². The second-order valence-corrected chi connectivity index (χ2v) is 18.0. The minimum absolute atomic E-state index is 0. The van der Waals surface area contributed by atoms with E-state index in [2.05, 4.69) is 41.5 Å². The first-order valence-electron chi connectivity index (χ1n) is 23.0. The van der Waals surface area contributed by atoms with E-state index in [1.807, 2.05) is 45.1 Å². The first kappa shape index (κ1) is 49.7. The van der Waals surface area contributed by atoms with E-state index in [4.69, 9.17) is 29.7 Å². The molecule has 3 aromatic heterocycles. The molecule has 3 aliphatic rings. The maximum atomic E-state index is 14.3. The number of hydrogen-bond donors (Lipinski definition) is 0. The number of nitrogens with zero attached hydrogens (tertiary/aromatic N) is 4. The Morgan fingerprint density at radius 2 is 1.51 bits per heavy atom. The van der Waals surface area contributed by atoms with Crippen molar-refractivity contribution < 1.29 is 28.7 Å². The van der Waals surface area contributed by atoms with Crippen LogP contribution in [0, 0.1) is 43.4 Å². The third kappa shape index (κ3) is 10.6. The number of esters is 2. The number of ether oxygens (including phenoxy) is 2. The second-order valence-electron chi connectivity index (χ2n) is 18.0. The molecule has 0 aromatic carbocycles. The molecule has 0 spiro atoms. The molecule has 1 saturated heterocycles. The summed E-state index contributed by atoms with van der Waals surface area (Å²) in [4.78, 5) is 68.9. The molecule has 6 rings (SSSR count). The number of ketones is 1. The number of carbonyl (C=O) groups excluding carboxylic acids is 4. The molecule has 3 aromatic rings. The summed E-state index contributed by atoms with van der Waals surface area (Å²) in [6.45, 7) is 19.3. The van der Waals surface area contributed by atoms with E-state index in [9.17, 15) is 19.2 Å². The monoisotopic (exact) mass is 866 g/mol. The standard InChI is InChI=1S/C52H67N4O6.Mg/c1-11-16-29(4)17-14-18-30(5)19-15-20-31(6)23-24-62-45(58)22-21-37-33(8)40-25-39-32(7)35(12-2)42(53-39)27-44-38(28-57)36(13-3)43(54-44)26-41-34(9)46-50(56-41)47(49(37)55-40)48(51(46)59)52(60)61-10;/h23,25-30,33,37,48H,11-22,24H2,1-10H3,(H-,55,56,57,59);/q-3;+2/p-1/b31-23+,40-25-,44-27-;/t29-,30-,33+,37+,48-;/m1./s1. The van der Waals surface area contributed by atoms with Crippen molar-refractivity contribution in [2.45, 2.75) is 139 Å². The summed E-state index contributed by atoms with van der Waals surface area (Å²) >= 11 is 0. The number of hydrogen-bond acceptors (Lipinski definition) is 6. The van der Waals surface area contributed by atoms with E-state index in [0.717, 1.165) is 65.2 Å². The molecule has 1 aliphatic carbocycles. The minimum atomic E-state index is -1.25. The number of aldehydes is 1. The number of carbonyl (C=O) groups is 4. The maximum Gasteiger partial charge on any atom is 2.00 e. The van der Waals surface area contributed by atoms with Crippen LogP contribution in [0.4, 0.5) is 0 Å². The predicted molar refractivity (Wildman–Crippen MR) is 251 cm³/mol. The average Bonchev–Trinajstić information content (AvgIpc) is 4.00. The normalized spacial score (nSPS) is 21.9. The first-order valence-corrected chi connectivity index (χ1v) is 23.0. The summed E-state index contributed by atoms with van der Waals surface area (Å²) in [6, 6.07) is 0. The van der Waals surface area contributed by atoms with Crippen LogP contribution in [0.1, 0.15) is 178 Å². The van der Waals surface area contributed by atoms with Crippen molar-refractivity contribution >= 4 is 70.9 Å². The number of rotatable bonds is 19. The molecule has 0 unspecified atom stereocenters. The Bertz CT molecular complexity index is 2410. The fraction of sp³-hybridized carbons (Fsp3) is 0.538. The van der Waals surface area contributed by atoms with Crippen LogP contribution in [-0.2, 0) is 31.9 Å². The van der Waals surface area contributed by atoms with E-state index in [1.165, 1.54) is 51.2 Å². The van der Waals surface area contributed by atoms with Gasteiger partial charge in [-0.3, -0.25) is 19.2 Å². The zero-order chi connectivity index (χ0) is 44.8. The Hall–Kier alpha value is -4.35. The Morgan fingerprint density at radius 1 is 0.841 bits per heavy atom. The molecule has 0 amide bonds. The first-order chi connectivity index (χ1) is 29.8. The van der Waals surface area contributed by atoms with Crippen molar-refractivity contribution in [1.29, 1.82) is 0 Å². The van der Waals surface area contributed by atoms with Gasteiger partial charge in [-0.15, -0.1) is 33.5 Å². The third-order valence-corrected chi connectivity index (χ3v) is 13.6. The number of aromatic nitrogens is 3. The molecule has 0 saturated carbocycles. The third-order valence-electron chi connectivity index (χ3n) is 13.6. The summed E-state index contributed by atoms with van der Waals surface area (Å²) in [6.07, 6.45) is 20.1. The molecule has 0 radical (unpaired) electrons. The van der Waals surface area contributed by atoms with Gasteiger partial charge in [0.05, 0.1) is 7.11 Å². The molecule has 0 N–H and O–H groups in total. The van der Waals surface area contributed by atoms with Gasteiger partial charge in [-0.25, -0.2) is 0 Å². The molecule has 63 heavy (non-hydrogen) atoms. The van der Waals surface area contributed by atoms with Gasteiger partial charge in [0.25, 0.3) is 0 Å². The van der Waals surface area contributed by atoms with Crippen LogP contribution in [0.15, 0.2) is 23.0 Å². The SMILES string of the molecule is CCC[C@@H](C)CCC[C@@H](C)CCC/C(C)=C/COC(=O)CC[C@@H]1/C2=C3/c4[n-]c(c(C)c4C(=O)[C@@H]3C(=O)OC)/C=c3\[n-]/c(c(C=O)c3CC)=C\c3[n-]c(c(C)c3CC)/C=C(\[N-]2)[C@H]1C.[Mg+2]. The van der Waals surface area contributed by atoms with Gasteiger partial charge in [-0.2, -0.15) is 11.4 Å². The molecule has 5 heterocycles. The van der Waals surface area contributed by atoms with Gasteiger partial charge in [0.15, 0.2) is 5.78 Å². The fourth-order valence-electron chi connectivity index (χ4n) is 9.87.